The van der Waals surface area contributed by atoms with Crippen LogP contribution in [0.3, 0.4) is 0 Å². The van der Waals surface area contributed by atoms with Crippen molar-refractivity contribution in [3.8, 4) is 0 Å². The average Bonchev–Trinajstić information content (AvgIpc) is 2.05. The third-order valence-corrected chi connectivity index (χ3v) is 4.10. The van der Waals surface area contributed by atoms with Crippen molar-refractivity contribution in [3.05, 3.63) is 0 Å². The van der Waals surface area contributed by atoms with E-state index in [1.807, 2.05) is 0 Å². The largest absolute Gasteiger partial charge is 0.326 e. The molecule has 1 heteroatoms. The van der Waals surface area contributed by atoms with Gasteiger partial charge in [0.25, 0.3) is 0 Å². The predicted octanol–water partition coefficient (Wildman–Crippen LogP) is 4.11. The summed E-state index contributed by atoms with van der Waals surface area (Å²) in [6.45, 7) is 9.17. The Bertz CT molecular complexity index is 188. The maximum absolute atomic E-state index is 6.02. The van der Waals surface area contributed by atoms with Crippen molar-refractivity contribution < 1.29 is 0 Å². The molecule has 0 aromatic rings. The summed E-state index contributed by atoms with van der Waals surface area (Å²) < 4.78 is 0. The summed E-state index contributed by atoms with van der Waals surface area (Å²) in [4.78, 5) is 0. The summed E-state index contributed by atoms with van der Waals surface area (Å²) in [5.74, 6) is 0.939. The highest BCUT2D eigenvalue weighted by Crippen LogP contribution is 2.43. The minimum atomic E-state index is 0.0266. The Labute approximate surface area is 95.8 Å². The van der Waals surface area contributed by atoms with Gasteiger partial charge >= 0.3 is 0 Å². The van der Waals surface area contributed by atoms with Crippen LogP contribution in [0.25, 0.3) is 0 Å². The van der Waals surface area contributed by atoms with Crippen molar-refractivity contribution in [3.63, 3.8) is 0 Å². The second-order valence-electron chi connectivity index (χ2n) is 6.81. The number of rotatable bonds is 4. The Kier molecular flexibility index (Phi) is 4.22. The Morgan fingerprint density at radius 1 is 1.27 bits per heavy atom. The zero-order chi connectivity index (χ0) is 11.5. The van der Waals surface area contributed by atoms with E-state index in [4.69, 9.17) is 5.73 Å². The molecular formula is C14H29N. The first-order chi connectivity index (χ1) is 6.81. The van der Waals surface area contributed by atoms with Gasteiger partial charge in [0.05, 0.1) is 0 Å². The summed E-state index contributed by atoms with van der Waals surface area (Å²) in [7, 11) is 0. The smallest absolute Gasteiger partial charge is 0.00970 e. The van der Waals surface area contributed by atoms with E-state index in [0.29, 0.717) is 5.41 Å². The van der Waals surface area contributed by atoms with E-state index < -0.39 is 0 Å². The van der Waals surface area contributed by atoms with Gasteiger partial charge in [-0.05, 0) is 50.9 Å². The zero-order valence-corrected chi connectivity index (χ0v) is 11.1. The molecule has 0 aliphatic heterocycles. The van der Waals surface area contributed by atoms with Gasteiger partial charge in [-0.1, -0.05) is 33.1 Å². The van der Waals surface area contributed by atoms with Crippen LogP contribution < -0.4 is 5.73 Å². The van der Waals surface area contributed by atoms with Gasteiger partial charge in [-0.15, -0.1) is 0 Å². The number of hydrogen-bond donors (Lipinski definition) is 1. The third kappa shape index (κ3) is 4.55. The van der Waals surface area contributed by atoms with Crippen molar-refractivity contribution in [2.24, 2.45) is 17.1 Å². The molecule has 1 unspecified atom stereocenters. The highest BCUT2D eigenvalue weighted by atomic mass is 14.7. The van der Waals surface area contributed by atoms with Crippen LogP contribution in [0.15, 0.2) is 0 Å². The normalized spacial score (nSPS) is 26.6. The molecule has 0 heterocycles. The van der Waals surface area contributed by atoms with Gasteiger partial charge in [0.1, 0.15) is 0 Å². The first-order valence-corrected chi connectivity index (χ1v) is 6.60. The van der Waals surface area contributed by atoms with Crippen LogP contribution in [-0.2, 0) is 0 Å². The van der Waals surface area contributed by atoms with Gasteiger partial charge in [-0.25, -0.2) is 0 Å². The van der Waals surface area contributed by atoms with E-state index in [-0.39, 0.29) is 5.54 Å². The molecule has 1 atom stereocenters. The lowest BCUT2D eigenvalue weighted by molar-refractivity contribution is 0.124. The summed E-state index contributed by atoms with van der Waals surface area (Å²) in [5, 5.41) is 0. The van der Waals surface area contributed by atoms with Crippen LogP contribution in [-0.4, -0.2) is 5.54 Å². The first-order valence-electron chi connectivity index (χ1n) is 6.60. The van der Waals surface area contributed by atoms with Crippen molar-refractivity contribution in [1.82, 2.24) is 0 Å². The van der Waals surface area contributed by atoms with Gasteiger partial charge in [-0.2, -0.15) is 0 Å². The molecule has 2 N–H and O–H groups in total. The van der Waals surface area contributed by atoms with Crippen molar-refractivity contribution in [2.75, 3.05) is 0 Å². The molecule has 1 nitrogen and oxygen atoms in total. The standard InChI is InChI=1S/C14H29N/c1-13(2)10-6-5-8-12(13)9-7-11-14(3,4)15/h12H,5-11,15H2,1-4H3. The molecule has 0 aromatic carbocycles. The van der Waals surface area contributed by atoms with E-state index >= 15 is 0 Å². The summed E-state index contributed by atoms with van der Waals surface area (Å²) in [6, 6.07) is 0. The quantitative estimate of drug-likeness (QED) is 0.744. The molecule has 15 heavy (non-hydrogen) atoms. The number of hydrogen-bond acceptors (Lipinski definition) is 1. The molecule has 0 saturated heterocycles. The molecule has 0 radical (unpaired) electrons. The van der Waals surface area contributed by atoms with Crippen molar-refractivity contribution >= 4 is 0 Å². The second kappa shape index (κ2) is 4.86. The molecule has 1 rings (SSSR count). The first kappa shape index (κ1) is 13.0. The fraction of sp³-hybridized carbons (Fsp3) is 1.00. The van der Waals surface area contributed by atoms with E-state index in [1.165, 1.54) is 44.9 Å². The molecule has 1 aliphatic carbocycles. The minimum Gasteiger partial charge on any atom is -0.326 e. The van der Waals surface area contributed by atoms with Gasteiger partial charge in [0.15, 0.2) is 0 Å². The molecule has 0 aromatic heterocycles. The van der Waals surface area contributed by atoms with Crippen molar-refractivity contribution in [1.29, 1.82) is 0 Å². The lowest BCUT2D eigenvalue weighted by Gasteiger charge is -2.39. The Balaban J connectivity index is 2.31. The molecular weight excluding hydrogens is 182 g/mol. The summed E-state index contributed by atoms with van der Waals surface area (Å²) >= 11 is 0. The molecule has 1 fully saturated rings. The van der Waals surface area contributed by atoms with Crippen LogP contribution >= 0.6 is 0 Å². The van der Waals surface area contributed by atoms with Gasteiger partial charge in [-0.3, -0.25) is 0 Å². The average molecular weight is 211 g/mol. The van der Waals surface area contributed by atoms with Crippen LogP contribution in [0.5, 0.6) is 0 Å². The van der Waals surface area contributed by atoms with E-state index in [0.717, 1.165) is 5.92 Å². The molecule has 0 spiro atoms. The molecule has 90 valence electrons. The maximum atomic E-state index is 6.02. The van der Waals surface area contributed by atoms with Crippen LogP contribution in [0.2, 0.25) is 0 Å². The Morgan fingerprint density at radius 3 is 2.47 bits per heavy atom. The Morgan fingerprint density at radius 2 is 1.93 bits per heavy atom. The van der Waals surface area contributed by atoms with Gasteiger partial charge in [0.2, 0.25) is 0 Å². The van der Waals surface area contributed by atoms with Gasteiger partial charge in [0, 0.05) is 5.54 Å². The SMILES string of the molecule is CC(C)(N)CCCC1CCCCC1(C)C. The maximum Gasteiger partial charge on any atom is 0.00970 e. The van der Waals surface area contributed by atoms with Crippen LogP contribution in [0.1, 0.15) is 72.6 Å². The van der Waals surface area contributed by atoms with E-state index in [1.54, 1.807) is 0 Å². The van der Waals surface area contributed by atoms with E-state index in [2.05, 4.69) is 27.7 Å². The lowest BCUT2D eigenvalue weighted by atomic mass is 9.67. The highest BCUT2D eigenvalue weighted by molar-refractivity contribution is 4.83. The topological polar surface area (TPSA) is 26.0 Å². The molecule has 1 aliphatic rings. The predicted molar refractivity (Wildman–Crippen MR) is 67.9 cm³/mol. The Hall–Kier alpha value is -0.0400. The zero-order valence-electron chi connectivity index (χ0n) is 11.1. The minimum absolute atomic E-state index is 0.0266. The lowest BCUT2D eigenvalue weighted by Crippen LogP contribution is -2.33. The highest BCUT2D eigenvalue weighted by Gasteiger charge is 2.31. The van der Waals surface area contributed by atoms with E-state index in [9.17, 15) is 0 Å². The molecule has 1 saturated carbocycles. The van der Waals surface area contributed by atoms with Crippen molar-refractivity contribution in [2.45, 2.75) is 78.2 Å². The molecule has 0 bridgehead atoms. The fourth-order valence-electron chi connectivity index (χ4n) is 2.91. The van der Waals surface area contributed by atoms with Gasteiger partial charge < -0.3 is 5.73 Å². The molecule has 0 amide bonds. The number of nitrogens with two attached hydrogens (primary N) is 1. The van der Waals surface area contributed by atoms with Crippen LogP contribution in [0, 0.1) is 11.3 Å². The second-order valence-corrected chi connectivity index (χ2v) is 6.81. The fourth-order valence-corrected chi connectivity index (χ4v) is 2.91. The third-order valence-electron chi connectivity index (χ3n) is 4.10. The summed E-state index contributed by atoms with van der Waals surface area (Å²) in [5.41, 5.74) is 6.63. The summed E-state index contributed by atoms with van der Waals surface area (Å²) in [6.07, 6.45) is 9.60. The monoisotopic (exact) mass is 211 g/mol. The van der Waals surface area contributed by atoms with Crippen LogP contribution in [0.4, 0.5) is 0 Å².